The van der Waals surface area contributed by atoms with Crippen molar-refractivity contribution < 1.29 is 28.5 Å². The van der Waals surface area contributed by atoms with Gasteiger partial charge in [0, 0.05) is 11.6 Å². The Morgan fingerprint density at radius 2 is 1.86 bits per heavy atom. The quantitative estimate of drug-likeness (QED) is 0.755. The van der Waals surface area contributed by atoms with E-state index in [1.54, 1.807) is 19.1 Å². The summed E-state index contributed by atoms with van der Waals surface area (Å²) in [5.41, 5.74) is 7.73. The SMILES string of the molecule is CCOC(=O)Nc1cc2c(c(N)n1)N=C(c1cc(OC)c(OC)c(OC)c1)CO2. The molecule has 0 saturated heterocycles. The van der Waals surface area contributed by atoms with Crippen molar-refractivity contribution in [3.63, 3.8) is 0 Å². The molecule has 10 heteroatoms. The highest BCUT2D eigenvalue weighted by Crippen LogP contribution is 2.41. The molecule has 0 atom stereocenters. The van der Waals surface area contributed by atoms with Gasteiger partial charge in [-0.1, -0.05) is 0 Å². The third-order valence-corrected chi connectivity index (χ3v) is 4.10. The van der Waals surface area contributed by atoms with Crippen LogP contribution >= 0.6 is 0 Å². The summed E-state index contributed by atoms with van der Waals surface area (Å²) in [5, 5.41) is 2.49. The molecule has 0 saturated carbocycles. The van der Waals surface area contributed by atoms with Gasteiger partial charge in [0.2, 0.25) is 5.75 Å². The van der Waals surface area contributed by atoms with Gasteiger partial charge in [0.05, 0.1) is 33.6 Å². The van der Waals surface area contributed by atoms with Crippen LogP contribution in [0.1, 0.15) is 12.5 Å². The van der Waals surface area contributed by atoms with Crippen LogP contribution in [0.3, 0.4) is 0 Å². The van der Waals surface area contributed by atoms with Crippen molar-refractivity contribution in [1.82, 2.24) is 4.98 Å². The highest BCUT2D eigenvalue weighted by molar-refractivity contribution is 6.06. The molecule has 1 aromatic carbocycles. The molecule has 2 heterocycles. The predicted octanol–water partition coefficient (Wildman–Crippen LogP) is 2.77. The number of aromatic nitrogens is 1. The number of nitrogens with one attached hydrogen (secondary N) is 1. The van der Waals surface area contributed by atoms with Crippen molar-refractivity contribution in [1.29, 1.82) is 0 Å². The van der Waals surface area contributed by atoms with Gasteiger partial charge in [-0.3, -0.25) is 5.32 Å². The zero-order chi connectivity index (χ0) is 21.0. The van der Waals surface area contributed by atoms with Gasteiger partial charge in [-0.15, -0.1) is 0 Å². The van der Waals surface area contributed by atoms with E-state index in [1.807, 2.05) is 0 Å². The van der Waals surface area contributed by atoms with Crippen LogP contribution in [0.2, 0.25) is 0 Å². The summed E-state index contributed by atoms with van der Waals surface area (Å²) in [5.74, 6) is 2.20. The first-order valence-electron chi connectivity index (χ1n) is 8.75. The number of nitrogens with zero attached hydrogens (tertiary/aromatic N) is 2. The topological polar surface area (TPSA) is 127 Å². The fourth-order valence-corrected chi connectivity index (χ4v) is 2.80. The summed E-state index contributed by atoms with van der Waals surface area (Å²) in [7, 11) is 4.61. The monoisotopic (exact) mass is 402 g/mol. The lowest BCUT2D eigenvalue weighted by molar-refractivity contribution is 0.168. The molecule has 0 aliphatic carbocycles. The van der Waals surface area contributed by atoms with Gasteiger partial charge in [0.1, 0.15) is 18.1 Å². The Kier molecular flexibility index (Phi) is 5.91. The van der Waals surface area contributed by atoms with E-state index in [-0.39, 0.29) is 24.8 Å². The van der Waals surface area contributed by atoms with Crippen LogP contribution in [0.15, 0.2) is 23.2 Å². The van der Waals surface area contributed by atoms with Gasteiger partial charge in [-0.25, -0.2) is 14.8 Å². The van der Waals surface area contributed by atoms with Crippen LogP contribution in [0.25, 0.3) is 0 Å². The van der Waals surface area contributed by atoms with E-state index in [9.17, 15) is 4.79 Å². The number of ether oxygens (including phenoxy) is 5. The zero-order valence-corrected chi connectivity index (χ0v) is 16.6. The Bertz CT molecular complexity index is 935. The fraction of sp³-hybridized carbons (Fsp3) is 0.316. The maximum atomic E-state index is 11.6. The lowest BCUT2D eigenvalue weighted by Gasteiger charge is -2.20. The van der Waals surface area contributed by atoms with Gasteiger partial charge in [-0.05, 0) is 19.1 Å². The number of methoxy groups -OCH3 is 3. The molecule has 1 amide bonds. The van der Waals surface area contributed by atoms with Crippen molar-refractivity contribution in [3.8, 4) is 23.0 Å². The van der Waals surface area contributed by atoms with Crippen LogP contribution in [-0.2, 0) is 4.74 Å². The Morgan fingerprint density at radius 1 is 1.17 bits per heavy atom. The van der Waals surface area contributed by atoms with Gasteiger partial charge in [0.15, 0.2) is 23.1 Å². The molecule has 10 nitrogen and oxygen atoms in total. The maximum absolute atomic E-state index is 11.6. The number of anilines is 2. The van der Waals surface area contributed by atoms with Crippen molar-refractivity contribution in [2.75, 3.05) is 45.6 Å². The molecule has 29 heavy (non-hydrogen) atoms. The molecular formula is C19H22N4O6. The predicted molar refractivity (Wildman–Crippen MR) is 107 cm³/mol. The number of carbonyl (C=O) groups excluding carboxylic acids is 1. The molecular weight excluding hydrogens is 380 g/mol. The van der Waals surface area contributed by atoms with E-state index in [2.05, 4.69) is 15.3 Å². The number of carbonyl (C=O) groups is 1. The smallest absolute Gasteiger partial charge is 0.412 e. The van der Waals surface area contributed by atoms with E-state index in [1.165, 1.54) is 27.4 Å². The average Bonchev–Trinajstić information content (AvgIpc) is 2.72. The first kappa shape index (κ1) is 20.1. The van der Waals surface area contributed by atoms with Crippen molar-refractivity contribution >= 4 is 29.1 Å². The summed E-state index contributed by atoms with van der Waals surface area (Å²) in [6, 6.07) is 5.09. The van der Waals surface area contributed by atoms with E-state index in [4.69, 9.17) is 29.4 Å². The first-order valence-corrected chi connectivity index (χ1v) is 8.75. The summed E-state index contributed by atoms with van der Waals surface area (Å²) >= 11 is 0. The van der Waals surface area contributed by atoms with Gasteiger partial charge >= 0.3 is 6.09 Å². The summed E-state index contributed by atoms with van der Waals surface area (Å²) in [4.78, 5) is 20.3. The minimum Gasteiger partial charge on any atom is -0.493 e. The summed E-state index contributed by atoms with van der Waals surface area (Å²) in [6.07, 6.45) is -0.628. The lowest BCUT2D eigenvalue weighted by Crippen LogP contribution is -2.19. The Labute approximate surface area is 167 Å². The van der Waals surface area contributed by atoms with Gasteiger partial charge in [0.25, 0.3) is 0 Å². The van der Waals surface area contributed by atoms with Crippen LogP contribution < -0.4 is 30.0 Å². The van der Waals surface area contributed by atoms with Crippen LogP contribution in [-0.4, -0.2) is 51.3 Å². The molecule has 0 unspecified atom stereocenters. The second-order valence-corrected chi connectivity index (χ2v) is 5.85. The second kappa shape index (κ2) is 8.55. The molecule has 1 aliphatic heterocycles. The molecule has 0 radical (unpaired) electrons. The van der Waals surface area contributed by atoms with Crippen LogP contribution in [0, 0.1) is 0 Å². The normalized spacial score (nSPS) is 12.2. The van der Waals surface area contributed by atoms with E-state index < -0.39 is 6.09 Å². The third-order valence-electron chi connectivity index (χ3n) is 4.10. The van der Waals surface area contributed by atoms with Gasteiger partial charge < -0.3 is 29.4 Å². The zero-order valence-electron chi connectivity index (χ0n) is 16.6. The highest BCUT2D eigenvalue weighted by atomic mass is 16.5. The number of aliphatic imine (C=N–C) groups is 1. The fourth-order valence-electron chi connectivity index (χ4n) is 2.80. The number of hydrogen-bond donors (Lipinski definition) is 2. The van der Waals surface area contributed by atoms with Gasteiger partial charge in [-0.2, -0.15) is 0 Å². The standard InChI is InChI=1S/C19H22N4O6/c1-5-28-19(24)23-15-8-12-16(18(20)22-15)21-11(9-29-12)10-6-13(25-2)17(27-4)14(7-10)26-3/h6-8H,5,9H2,1-4H3,(H3,20,22,23,24). The minimum atomic E-state index is -0.628. The largest absolute Gasteiger partial charge is 0.493 e. The van der Waals surface area contributed by atoms with Crippen LogP contribution in [0.4, 0.5) is 22.1 Å². The van der Waals surface area contributed by atoms with E-state index in [0.29, 0.717) is 34.4 Å². The van der Waals surface area contributed by atoms with Crippen molar-refractivity contribution in [2.24, 2.45) is 4.99 Å². The lowest BCUT2D eigenvalue weighted by atomic mass is 10.1. The number of nitrogens with two attached hydrogens (primary N) is 1. The number of nitrogen functional groups attached to an aromatic ring is 1. The summed E-state index contributed by atoms with van der Waals surface area (Å²) in [6.45, 7) is 2.12. The third kappa shape index (κ3) is 4.10. The first-order chi connectivity index (χ1) is 14.0. The Hall–Kier alpha value is -3.69. The molecule has 3 N–H and O–H groups in total. The number of fused-ring (bicyclic) bond motifs is 1. The summed E-state index contributed by atoms with van der Waals surface area (Å²) < 4.78 is 26.7. The van der Waals surface area contributed by atoms with Crippen molar-refractivity contribution in [3.05, 3.63) is 23.8 Å². The minimum absolute atomic E-state index is 0.110. The molecule has 2 aromatic rings. The number of pyridine rings is 1. The molecule has 1 aromatic heterocycles. The molecule has 3 rings (SSSR count). The number of rotatable bonds is 6. The maximum Gasteiger partial charge on any atom is 0.412 e. The average molecular weight is 402 g/mol. The second-order valence-electron chi connectivity index (χ2n) is 5.85. The molecule has 154 valence electrons. The highest BCUT2D eigenvalue weighted by Gasteiger charge is 2.22. The number of benzene rings is 1. The molecule has 1 aliphatic rings. The number of amides is 1. The number of hydrogen-bond acceptors (Lipinski definition) is 9. The van der Waals surface area contributed by atoms with Crippen LogP contribution in [0.5, 0.6) is 23.0 Å². The van der Waals surface area contributed by atoms with E-state index in [0.717, 1.165) is 5.56 Å². The Balaban J connectivity index is 1.97. The van der Waals surface area contributed by atoms with Crippen molar-refractivity contribution in [2.45, 2.75) is 6.92 Å². The molecule has 0 fully saturated rings. The molecule has 0 spiro atoms. The molecule has 0 bridgehead atoms. The Morgan fingerprint density at radius 3 is 2.45 bits per heavy atom. The van der Waals surface area contributed by atoms with E-state index >= 15 is 0 Å².